The predicted molar refractivity (Wildman–Crippen MR) is 86.7 cm³/mol. The van der Waals surface area contributed by atoms with Crippen molar-refractivity contribution in [2.75, 3.05) is 5.32 Å². The van der Waals surface area contributed by atoms with E-state index in [-0.39, 0.29) is 12.2 Å². The van der Waals surface area contributed by atoms with E-state index in [9.17, 15) is 9.59 Å². The Hall–Kier alpha value is -3.15. The minimum absolute atomic E-state index is 0.131. The number of hydrogen-bond acceptors (Lipinski definition) is 5. The Morgan fingerprint density at radius 2 is 1.91 bits per heavy atom. The highest BCUT2D eigenvalue weighted by atomic mass is 16.5. The third-order valence-electron chi connectivity index (χ3n) is 3.28. The molecule has 0 aliphatic carbocycles. The summed E-state index contributed by atoms with van der Waals surface area (Å²) in [6, 6.07) is 14.7. The van der Waals surface area contributed by atoms with Gasteiger partial charge in [0, 0.05) is 18.8 Å². The zero-order valence-corrected chi connectivity index (χ0v) is 12.5. The normalized spacial score (nSPS) is 10.5. The quantitative estimate of drug-likeness (QED) is 0.750. The van der Waals surface area contributed by atoms with Crippen LogP contribution in [0.3, 0.4) is 0 Å². The summed E-state index contributed by atoms with van der Waals surface area (Å²) in [6.45, 7) is 1.17. The van der Waals surface area contributed by atoms with E-state index in [1.807, 2.05) is 30.3 Å². The fraction of sp³-hybridized carbons (Fsp3) is 0.118. The van der Waals surface area contributed by atoms with Crippen LogP contribution in [0.2, 0.25) is 0 Å². The molecule has 0 bridgehead atoms. The first kappa shape index (κ1) is 14.8. The van der Waals surface area contributed by atoms with Gasteiger partial charge in [-0.05, 0) is 24.3 Å². The smallest absolute Gasteiger partial charge is 0.302 e. The molecule has 2 heterocycles. The van der Waals surface area contributed by atoms with Crippen molar-refractivity contribution in [3.8, 4) is 0 Å². The molecular formula is C17H15N3O3. The van der Waals surface area contributed by atoms with Gasteiger partial charge < -0.3 is 10.1 Å². The highest BCUT2D eigenvalue weighted by Gasteiger charge is 2.14. The van der Waals surface area contributed by atoms with Crippen molar-refractivity contribution in [3.63, 3.8) is 0 Å². The van der Waals surface area contributed by atoms with Gasteiger partial charge in [0.15, 0.2) is 0 Å². The van der Waals surface area contributed by atoms with E-state index in [0.717, 1.165) is 5.69 Å². The Labute approximate surface area is 132 Å². The van der Waals surface area contributed by atoms with Crippen LogP contribution >= 0.6 is 0 Å². The zero-order valence-electron chi connectivity index (χ0n) is 12.5. The van der Waals surface area contributed by atoms with Crippen molar-refractivity contribution in [1.29, 1.82) is 0 Å². The van der Waals surface area contributed by atoms with E-state index in [0.29, 0.717) is 17.0 Å². The fourth-order valence-corrected chi connectivity index (χ4v) is 2.19. The molecule has 0 aliphatic rings. The van der Waals surface area contributed by atoms with E-state index >= 15 is 0 Å². The summed E-state index contributed by atoms with van der Waals surface area (Å²) in [5, 5.41) is 3.11. The van der Waals surface area contributed by atoms with Crippen LogP contribution in [0, 0.1) is 0 Å². The summed E-state index contributed by atoms with van der Waals surface area (Å²) in [6.07, 6.45) is 1.63. The van der Waals surface area contributed by atoms with Crippen molar-refractivity contribution < 1.29 is 9.53 Å². The second kappa shape index (κ2) is 6.31. The number of fused-ring (bicyclic) bond motifs is 1. The molecule has 3 rings (SSSR count). The lowest BCUT2D eigenvalue weighted by Crippen LogP contribution is -2.23. The number of esters is 1. The molecule has 6 nitrogen and oxygen atoms in total. The van der Waals surface area contributed by atoms with Gasteiger partial charge in [-0.3, -0.25) is 14.0 Å². The molecule has 23 heavy (non-hydrogen) atoms. The number of para-hydroxylation sites is 1. The number of rotatable bonds is 4. The molecule has 3 aromatic rings. The number of carbonyl (C=O) groups is 1. The van der Waals surface area contributed by atoms with Crippen molar-refractivity contribution >= 4 is 23.1 Å². The second-order valence-electron chi connectivity index (χ2n) is 4.94. The molecule has 0 amide bonds. The first-order chi connectivity index (χ1) is 11.1. The molecule has 0 aliphatic heterocycles. The second-order valence-corrected chi connectivity index (χ2v) is 4.94. The van der Waals surface area contributed by atoms with Crippen LogP contribution in [0.4, 0.5) is 11.5 Å². The molecule has 116 valence electrons. The van der Waals surface area contributed by atoms with Crippen LogP contribution in [0.15, 0.2) is 59.5 Å². The molecule has 0 saturated heterocycles. The fourth-order valence-electron chi connectivity index (χ4n) is 2.19. The predicted octanol–water partition coefficient (Wildman–Crippen LogP) is 2.50. The Morgan fingerprint density at radius 3 is 2.65 bits per heavy atom. The molecule has 6 heteroatoms. The highest BCUT2D eigenvalue weighted by molar-refractivity contribution is 5.67. The summed E-state index contributed by atoms with van der Waals surface area (Å²) in [7, 11) is 0. The van der Waals surface area contributed by atoms with Crippen molar-refractivity contribution in [1.82, 2.24) is 9.38 Å². The van der Waals surface area contributed by atoms with E-state index in [2.05, 4.69) is 10.3 Å². The van der Waals surface area contributed by atoms with Gasteiger partial charge in [-0.15, -0.1) is 0 Å². The van der Waals surface area contributed by atoms with Gasteiger partial charge in [-0.1, -0.05) is 24.3 Å². The summed E-state index contributed by atoms with van der Waals surface area (Å²) < 4.78 is 6.43. The van der Waals surface area contributed by atoms with Crippen LogP contribution in [-0.4, -0.2) is 15.4 Å². The van der Waals surface area contributed by atoms with Gasteiger partial charge in [0.2, 0.25) is 0 Å². The maximum Gasteiger partial charge on any atom is 0.302 e. The van der Waals surface area contributed by atoms with Gasteiger partial charge in [0.05, 0.1) is 5.56 Å². The number of ether oxygens (including phenoxy) is 1. The standard InChI is InChI=1S/C17H15N3O3/c1-12(21)23-11-14-16(18-13-7-3-2-4-8-13)19-15-9-5-6-10-20(15)17(14)22/h2-10,18H,11H2,1H3. The lowest BCUT2D eigenvalue weighted by molar-refractivity contribution is -0.142. The number of hydrogen-bond donors (Lipinski definition) is 1. The Bertz CT molecular complexity index is 904. The summed E-state index contributed by atoms with van der Waals surface area (Å²) in [5.41, 5.74) is 1.34. The van der Waals surface area contributed by atoms with Crippen molar-refractivity contribution in [2.24, 2.45) is 0 Å². The van der Waals surface area contributed by atoms with Crippen LogP contribution in [0.5, 0.6) is 0 Å². The SMILES string of the molecule is CC(=O)OCc1c(Nc2ccccc2)nc2ccccn2c1=O. The van der Waals surface area contributed by atoms with Crippen molar-refractivity contribution in [3.05, 3.63) is 70.6 Å². The Kier molecular flexibility index (Phi) is 4.05. The summed E-state index contributed by atoms with van der Waals surface area (Å²) >= 11 is 0. The molecule has 0 spiro atoms. The average molecular weight is 309 g/mol. The van der Waals surface area contributed by atoms with Gasteiger partial charge in [0.1, 0.15) is 18.1 Å². The number of nitrogens with one attached hydrogen (secondary N) is 1. The molecule has 0 unspecified atom stereocenters. The summed E-state index contributed by atoms with van der Waals surface area (Å²) in [4.78, 5) is 28.2. The number of nitrogens with zero attached hydrogens (tertiary/aromatic N) is 2. The van der Waals surface area contributed by atoms with Gasteiger partial charge in [-0.2, -0.15) is 0 Å². The van der Waals surface area contributed by atoms with Crippen LogP contribution in [-0.2, 0) is 16.1 Å². The molecule has 2 aromatic heterocycles. The zero-order chi connectivity index (χ0) is 16.2. The molecule has 1 N–H and O–H groups in total. The first-order valence-electron chi connectivity index (χ1n) is 7.11. The van der Waals surface area contributed by atoms with E-state index < -0.39 is 5.97 Å². The maximum absolute atomic E-state index is 12.6. The van der Waals surface area contributed by atoms with E-state index in [4.69, 9.17) is 4.74 Å². The third-order valence-corrected chi connectivity index (χ3v) is 3.28. The molecule has 0 atom stereocenters. The Balaban J connectivity index is 2.11. The minimum Gasteiger partial charge on any atom is -0.461 e. The number of pyridine rings is 1. The first-order valence-corrected chi connectivity index (χ1v) is 7.11. The number of aromatic nitrogens is 2. The molecule has 0 fully saturated rings. The number of benzene rings is 1. The minimum atomic E-state index is -0.451. The molecular weight excluding hydrogens is 294 g/mol. The number of anilines is 2. The molecule has 1 aromatic carbocycles. The van der Waals surface area contributed by atoms with Gasteiger partial charge >= 0.3 is 5.97 Å². The monoisotopic (exact) mass is 309 g/mol. The molecule has 0 radical (unpaired) electrons. The largest absolute Gasteiger partial charge is 0.461 e. The summed E-state index contributed by atoms with van der Waals surface area (Å²) in [5.74, 6) is -0.0677. The van der Waals surface area contributed by atoms with Gasteiger partial charge in [-0.25, -0.2) is 4.98 Å². The molecule has 0 saturated carbocycles. The lowest BCUT2D eigenvalue weighted by Gasteiger charge is -2.12. The van der Waals surface area contributed by atoms with Crippen LogP contribution < -0.4 is 10.9 Å². The van der Waals surface area contributed by atoms with Crippen LogP contribution in [0.1, 0.15) is 12.5 Å². The third kappa shape index (κ3) is 3.21. The highest BCUT2D eigenvalue weighted by Crippen LogP contribution is 2.18. The van der Waals surface area contributed by atoms with Gasteiger partial charge in [0.25, 0.3) is 5.56 Å². The van der Waals surface area contributed by atoms with Crippen LogP contribution in [0.25, 0.3) is 5.65 Å². The maximum atomic E-state index is 12.6. The lowest BCUT2D eigenvalue weighted by atomic mass is 10.2. The number of carbonyl (C=O) groups excluding carboxylic acids is 1. The van der Waals surface area contributed by atoms with E-state index in [1.165, 1.54) is 11.3 Å². The van der Waals surface area contributed by atoms with E-state index in [1.54, 1.807) is 24.4 Å². The Morgan fingerprint density at radius 1 is 1.17 bits per heavy atom. The average Bonchev–Trinajstić information content (AvgIpc) is 2.55. The topological polar surface area (TPSA) is 72.7 Å². The van der Waals surface area contributed by atoms with Crippen molar-refractivity contribution in [2.45, 2.75) is 13.5 Å².